The van der Waals surface area contributed by atoms with E-state index in [9.17, 15) is 24.2 Å². The van der Waals surface area contributed by atoms with Crippen LogP contribution in [0.4, 0.5) is 19.4 Å². The summed E-state index contributed by atoms with van der Waals surface area (Å²) in [6.45, 7) is 1.65. The summed E-state index contributed by atoms with van der Waals surface area (Å²) in [5.41, 5.74) is -0.279. The number of hydrazine groups is 2. The molecular formula is C17H18F5N4OS+. The molecule has 1 aliphatic rings. The van der Waals surface area contributed by atoms with Crippen LogP contribution < -0.4 is 5.84 Å². The zero-order valence-electron chi connectivity index (χ0n) is 15.0. The SMILES string of the molecule is CN1C(=O)CC(C)(c2cccc(-c3cccc(S(F)(F)(F)(F)F)c3)c2)N=[N+]1N. The minimum Gasteiger partial charge on any atom is -0.269 e. The number of benzene rings is 2. The number of carbonyl (C=O) groups excluding carboxylic acids is 1. The average Bonchev–Trinajstić information content (AvgIpc) is 2.58. The Bertz CT molecular complexity index is 1010. The van der Waals surface area contributed by atoms with Gasteiger partial charge < -0.3 is 0 Å². The topological polar surface area (TPSA) is 61.7 Å². The Balaban J connectivity index is 2.08. The Morgan fingerprint density at radius 3 is 2.21 bits per heavy atom. The molecule has 1 atom stereocenters. The maximum atomic E-state index is 13.1. The van der Waals surface area contributed by atoms with Gasteiger partial charge in [0.05, 0.1) is 13.5 Å². The molecule has 0 fully saturated rings. The van der Waals surface area contributed by atoms with Crippen LogP contribution in [0.3, 0.4) is 0 Å². The fourth-order valence-electron chi connectivity index (χ4n) is 2.96. The summed E-state index contributed by atoms with van der Waals surface area (Å²) in [4.78, 5) is 11.1. The Morgan fingerprint density at radius 2 is 1.64 bits per heavy atom. The second kappa shape index (κ2) is 5.43. The fraction of sp³-hybridized carbons (Fsp3) is 0.235. The minimum absolute atomic E-state index is 0.00778. The van der Waals surface area contributed by atoms with E-state index >= 15 is 0 Å². The van der Waals surface area contributed by atoms with Gasteiger partial charge >= 0.3 is 10.2 Å². The van der Waals surface area contributed by atoms with Gasteiger partial charge in [-0.3, -0.25) is 4.79 Å². The van der Waals surface area contributed by atoms with Crippen molar-refractivity contribution in [2.45, 2.75) is 23.8 Å². The van der Waals surface area contributed by atoms with Crippen molar-refractivity contribution in [3.8, 4) is 11.1 Å². The van der Waals surface area contributed by atoms with E-state index in [2.05, 4.69) is 5.11 Å². The second-order valence-corrected chi connectivity index (χ2v) is 9.28. The number of amides is 1. The van der Waals surface area contributed by atoms with Crippen LogP contribution in [0.15, 0.2) is 58.5 Å². The zero-order chi connectivity index (χ0) is 21.0. The number of nitrogens with two attached hydrogens (primary N) is 1. The maximum absolute atomic E-state index is 13.1. The van der Waals surface area contributed by atoms with Gasteiger partial charge in [0.2, 0.25) is 0 Å². The third-order valence-corrected chi connectivity index (χ3v) is 5.73. The van der Waals surface area contributed by atoms with E-state index in [4.69, 9.17) is 5.84 Å². The molecule has 1 heterocycles. The first-order valence-electron chi connectivity index (χ1n) is 8.08. The molecule has 152 valence electrons. The lowest BCUT2D eigenvalue weighted by atomic mass is 9.87. The maximum Gasteiger partial charge on any atom is 0.310 e. The van der Waals surface area contributed by atoms with Gasteiger partial charge in [-0.2, -0.15) is 5.84 Å². The molecule has 11 heteroatoms. The Morgan fingerprint density at radius 1 is 1.07 bits per heavy atom. The van der Waals surface area contributed by atoms with E-state index in [0.29, 0.717) is 17.7 Å². The molecule has 2 N–H and O–H groups in total. The van der Waals surface area contributed by atoms with Gasteiger partial charge in [0, 0.05) is 5.11 Å². The van der Waals surface area contributed by atoms with Crippen LogP contribution in [0.5, 0.6) is 0 Å². The molecule has 1 amide bonds. The molecule has 28 heavy (non-hydrogen) atoms. The third kappa shape index (κ3) is 3.79. The molecule has 2 aromatic carbocycles. The highest BCUT2D eigenvalue weighted by molar-refractivity contribution is 8.45. The lowest BCUT2D eigenvalue weighted by Crippen LogP contribution is -2.48. The summed E-state index contributed by atoms with van der Waals surface area (Å²) >= 11 is 0. The van der Waals surface area contributed by atoms with Crippen LogP contribution in [0.1, 0.15) is 18.9 Å². The number of hydrogen-bond acceptors (Lipinski definition) is 3. The van der Waals surface area contributed by atoms with E-state index in [0.717, 1.165) is 16.0 Å². The molecule has 0 saturated heterocycles. The van der Waals surface area contributed by atoms with Gasteiger partial charge in [-0.15, -0.1) is 0 Å². The van der Waals surface area contributed by atoms with Crippen molar-refractivity contribution in [2.24, 2.45) is 11.0 Å². The molecule has 3 rings (SSSR count). The Labute approximate surface area is 157 Å². The molecule has 0 radical (unpaired) electrons. The number of carbonyl (C=O) groups is 1. The number of nitrogens with zero attached hydrogens (tertiary/aromatic N) is 3. The Hall–Kier alpha value is -2.69. The van der Waals surface area contributed by atoms with E-state index in [1.165, 1.54) is 25.2 Å². The van der Waals surface area contributed by atoms with Crippen LogP contribution in [-0.2, 0) is 10.3 Å². The van der Waals surface area contributed by atoms with Crippen molar-refractivity contribution in [1.82, 2.24) is 5.01 Å². The predicted molar refractivity (Wildman–Crippen MR) is 94.9 cm³/mol. The molecule has 0 spiro atoms. The standard InChI is InChI=1S/C17H18F5N4OS/c1-17(11-16(27)25(2)26(23)24-17)14-7-3-5-12(9-14)13-6-4-8-15(10-13)28(18,19,20,21)22/h3-10H,11H2,1-2H3,(H2,23,24)/q+1. The average molecular weight is 421 g/mol. The van der Waals surface area contributed by atoms with Crippen molar-refractivity contribution in [1.29, 1.82) is 0 Å². The van der Waals surface area contributed by atoms with Crippen molar-refractivity contribution in [2.75, 3.05) is 7.05 Å². The van der Waals surface area contributed by atoms with Crippen molar-refractivity contribution < 1.29 is 29.1 Å². The Kier molecular flexibility index (Phi) is 3.89. The highest BCUT2D eigenvalue weighted by Gasteiger charge is 2.65. The molecule has 5 nitrogen and oxygen atoms in total. The van der Waals surface area contributed by atoms with Gasteiger partial charge in [-0.25, -0.2) is 0 Å². The smallest absolute Gasteiger partial charge is 0.269 e. The summed E-state index contributed by atoms with van der Waals surface area (Å²) in [7, 11) is -8.34. The van der Waals surface area contributed by atoms with E-state index in [-0.39, 0.29) is 23.5 Å². The molecule has 0 aromatic heterocycles. The second-order valence-electron chi connectivity index (χ2n) is 6.87. The molecule has 0 bridgehead atoms. The fourth-order valence-corrected chi connectivity index (χ4v) is 3.65. The van der Waals surface area contributed by atoms with Crippen LogP contribution in [-0.4, -0.2) is 22.9 Å². The third-order valence-electron chi connectivity index (χ3n) is 4.58. The van der Waals surface area contributed by atoms with Crippen LogP contribution in [0.25, 0.3) is 11.1 Å². The molecule has 2 aromatic rings. The molecule has 0 saturated carbocycles. The largest absolute Gasteiger partial charge is 0.310 e. The summed E-state index contributed by atoms with van der Waals surface area (Å²) in [6, 6.07) is 9.23. The lowest BCUT2D eigenvalue weighted by Gasteiger charge is -2.40. The zero-order valence-corrected chi connectivity index (χ0v) is 15.8. The first-order chi connectivity index (χ1) is 12.6. The van der Waals surface area contributed by atoms with Crippen molar-refractivity contribution in [3.05, 3.63) is 54.1 Å². The van der Waals surface area contributed by atoms with Crippen molar-refractivity contribution in [3.63, 3.8) is 0 Å². The summed E-state index contributed by atoms with van der Waals surface area (Å²) < 4.78 is 65.6. The number of halogens is 5. The van der Waals surface area contributed by atoms with Gasteiger partial charge in [-0.05, 0) is 41.8 Å². The molecule has 1 unspecified atom stereocenters. The van der Waals surface area contributed by atoms with Crippen LogP contribution >= 0.6 is 10.2 Å². The highest BCUT2D eigenvalue weighted by atomic mass is 32.5. The molecule has 1 aliphatic heterocycles. The van der Waals surface area contributed by atoms with E-state index in [1.807, 2.05) is 0 Å². The van der Waals surface area contributed by atoms with Gasteiger partial charge in [0.25, 0.3) is 5.91 Å². The summed E-state index contributed by atoms with van der Waals surface area (Å²) in [6.07, 6.45) is -0.00778. The molecule has 0 aliphatic carbocycles. The van der Waals surface area contributed by atoms with Crippen molar-refractivity contribution >= 4 is 16.1 Å². The normalized spacial score (nSPS) is 23.0. The summed E-state index contributed by atoms with van der Waals surface area (Å²) in [5, 5.41) is 5.38. The van der Waals surface area contributed by atoms with E-state index < -0.39 is 20.7 Å². The number of rotatable bonds is 3. The van der Waals surface area contributed by atoms with Crippen LogP contribution in [0.2, 0.25) is 0 Å². The number of hydrogen-bond donors (Lipinski definition) is 1. The summed E-state index contributed by atoms with van der Waals surface area (Å²) in [5.74, 6) is 5.40. The minimum atomic E-state index is -9.79. The quantitative estimate of drug-likeness (QED) is 0.413. The van der Waals surface area contributed by atoms with Gasteiger partial charge in [-0.1, -0.05) is 54.8 Å². The van der Waals surface area contributed by atoms with Gasteiger partial charge in [0.15, 0.2) is 5.54 Å². The first-order valence-corrected chi connectivity index (χ1v) is 10.0. The first kappa shape index (κ1) is 20.1. The highest BCUT2D eigenvalue weighted by Crippen LogP contribution is 3.02. The molecular weight excluding hydrogens is 403 g/mol. The monoisotopic (exact) mass is 421 g/mol. The van der Waals surface area contributed by atoms with Gasteiger partial charge in [0.1, 0.15) is 9.81 Å². The lowest BCUT2D eigenvalue weighted by molar-refractivity contribution is -0.740. The predicted octanol–water partition coefficient (Wildman–Crippen LogP) is 5.34. The van der Waals surface area contributed by atoms with E-state index in [1.54, 1.807) is 19.1 Å². The van der Waals surface area contributed by atoms with Crippen LogP contribution in [0, 0.1) is 0 Å².